The van der Waals surface area contributed by atoms with Gasteiger partial charge in [-0.1, -0.05) is 24.3 Å². The molecule has 1 aliphatic carbocycles. The Kier molecular flexibility index (Phi) is 4.95. The van der Waals surface area contributed by atoms with Crippen molar-refractivity contribution >= 4 is 5.96 Å². The van der Waals surface area contributed by atoms with Gasteiger partial charge in [0.2, 0.25) is 0 Å². The highest BCUT2D eigenvalue weighted by Crippen LogP contribution is 2.27. The number of rotatable bonds is 6. The second kappa shape index (κ2) is 7.31. The van der Waals surface area contributed by atoms with Crippen LogP contribution in [-0.4, -0.2) is 29.1 Å². The van der Waals surface area contributed by atoms with Gasteiger partial charge in [0.25, 0.3) is 0 Å². The fraction of sp³-hybridized carbons (Fsp3) is 0.444. The number of nitrogens with zero attached hydrogens (tertiary/aromatic N) is 3. The van der Waals surface area contributed by atoms with Crippen molar-refractivity contribution in [2.24, 2.45) is 10.9 Å². The van der Waals surface area contributed by atoms with Gasteiger partial charge in [0, 0.05) is 39.1 Å². The highest BCUT2D eigenvalue weighted by molar-refractivity contribution is 5.79. The highest BCUT2D eigenvalue weighted by atomic mass is 15.2. The molecular formula is C18H25N5. The van der Waals surface area contributed by atoms with Crippen LogP contribution in [0.4, 0.5) is 0 Å². The van der Waals surface area contributed by atoms with Crippen molar-refractivity contribution in [2.75, 3.05) is 13.6 Å². The van der Waals surface area contributed by atoms with Crippen LogP contribution in [0.3, 0.4) is 0 Å². The first-order valence-electron chi connectivity index (χ1n) is 8.24. The zero-order valence-electron chi connectivity index (χ0n) is 13.9. The Labute approximate surface area is 137 Å². The van der Waals surface area contributed by atoms with Crippen molar-refractivity contribution < 1.29 is 0 Å². The van der Waals surface area contributed by atoms with E-state index in [0.717, 1.165) is 37.3 Å². The molecule has 0 amide bonds. The summed E-state index contributed by atoms with van der Waals surface area (Å²) in [6.07, 6.45) is 6.56. The summed E-state index contributed by atoms with van der Waals surface area (Å²) < 4.78 is 2.16. The summed E-state index contributed by atoms with van der Waals surface area (Å²) in [4.78, 5) is 8.55. The van der Waals surface area contributed by atoms with E-state index in [0.29, 0.717) is 0 Å². The number of aromatic nitrogens is 2. The first kappa shape index (κ1) is 15.6. The second-order valence-corrected chi connectivity index (χ2v) is 6.17. The molecule has 1 aliphatic rings. The monoisotopic (exact) mass is 311 g/mol. The number of imidazole rings is 1. The summed E-state index contributed by atoms with van der Waals surface area (Å²) in [5, 5.41) is 6.77. The lowest BCUT2D eigenvalue weighted by atomic mass is 10.1. The molecule has 1 fully saturated rings. The molecule has 23 heavy (non-hydrogen) atoms. The van der Waals surface area contributed by atoms with Crippen molar-refractivity contribution in [1.82, 2.24) is 20.2 Å². The van der Waals surface area contributed by atoms with Gasteiger partial charge in [-0.15, -0.1) is 0 Å². The van der Waals surface area contributed by atoms with Gasteiger partial charge in [0.05, 0.1) is 0 Å². The number of aryl methyl sites for hydroxylation is 1. The Bertz CT molecular complexity index is 670. The average Bonchev–Trinajstić information content (AvgIpc) is 3.31. The quantitative estimate of drug-likeness (QED) is 0.636. The molecule has 1 saturated carbocycles. The fourth-order valence-electron chi connectivity index (χ4n) is 2.57. The molecule has 5 nitrogen and oxygen atoms in total. The van der Waals surface area contributed by atoms with Gasteiger partial charge in [-0.25, -0.2) is 4.98 Å². The van der Waals surface area contributed by atoms with Gasteiger partial charge in [0.1, 0.15) is 5.82 Å². The van der Waals surface area contributed by atoms with Crippen LogP contribution in [0.1, 0.15) is 29.8 Å². The molecule has 0 saturated heterocycles. The van der Waals surface area contributed by atoms with E-state index >= 15 is 0 Å². The van der Waals surface area contributed by atoms with Gasteiger partial charge in [-0.3, -0.25) is 4.99 Å². The molecule has 0 unspecified atom stereocenters. The molecule has 2 N–H and O–H groups in total. The number of hydrogen-bond donors (Lipinski definition) is 2. The van der Waals surface area contributed by atoms with Crippen molar-refractivity contribution in [3.8, 4) is 0 Å². The van der Waals surface area contributed by atoms with Gasteiger partial charge >= 0.3 is 0 Å². The number of aliphatic imine (C=N–C) groups is 1. The topological polar surface area (TPSA) is 54.2 Å². The van der Waals surface area contributed by atoms with E-state index in [1.54, 1.807) is 0 Å². The maximum Gasteiger partial charge on any atom is 0.191 e. The minimum absolute atomic E-state index is 0.779. The van der Waals surface area contributed by atoms with Crippen LogP contribution in [0.25, 0.3) is 0 Å². The average molecular weight is 311 g/mol. The Morgan fingerprint density at radius 2 is 2.13 bits per heavy atom. The van der Waals surface area contributed by atoms with E-state index < -0.39 is 0 Å². The number of benzene rings is 1. The van der Waals surface area contributed by atoms with Crippen LogP contribution < -0.4 is 10.6 Å². The number of guanidine groups is 1. The molecule has 2 aromatic rings. The molecule has 0 atom stereocenters. The number of nitrogens with one attached hydrogen (secondary N) is 2. The molecule has 0 radical (unpaired) electrons. The van der Waals surface area contributed by atoms with Crippen LogP contribution in [0.2, 0.25) is 0 Å². The third-order valence-electron chi connectivity index (χ3n) is 4.21. The molecule has 1 aromatic heterocycles. The SMILES string of the molecule is CN=C(NCc1cccc(Cn2ccnc2C)c1)NCC1CC1. The lowest BCUT2D eigenvalue weighted by Crippen LogP contribution is -2.37. The van der Waals surface area contributed by atoms with Crippen molar-refractivity contribution in [3.05, 3.63) is 53.6 Å². The zero-order chi connectivity index (χ0) is 16.1. The third-order valence-corrected chi connectivity index (χ3v) is 4.21. The third kappa shape index (κ3) is 4.58. The van der Waals surface area contributed by atoms with Crippen molar-refractivity contribution in [1.29, 1.82) is 0 Å². The summed E-state index contributed by atoms with van der Waals surface area (Å²) in [5.74, 6) is 2.77. The Hall–Kier alpha value is -2.30. The summed E-state index contributed by atoms with van der Waals surface area (Å²) >= 11 is 0. The molecule has 5 heteroatoms. The predicted molar refractivity (Wildman–Crippen MR) is 93.4 cm³/mol. The summed E-state index contributed by atoms with van der Waals surface area (Å²) in [7, 11) is 1.82. The smallest absolute Gasteiger partial charge is 0.191 e. The molecule has 3 rings (SSSR count). The van der Waals surface area contributed by atoms with E-state index in [1.165, 1.54) is 24.0 Å². The molecule has 1 heterocycles. The summed E-state index contributed by atoms with van der Waals surface area (Å²) in [6.45, 7) is 4.69. The first-order chi connectivity index (χ1) is 11.2. The Balaban J connectivity index is 1.55. The lowest BCUT2D eigenvalue weighted by molar-refractivity contribution is 0.735. The molecule has 0 spiro atoms. The van der Waals surface area contributed by atoms with Crippen LogP contribution in [-0.2, 0) is 13.1 Å². The van der Waals surface area contributed by atoms with E-state index in [2.05, 4.69) is 49.4 Å². The van der Waals surface area contributed by atoms with Crippen LogP contribution in [0, 0.1) is 12.8 Å². The Morgan fingerprint density at radius 1 is 1.30 bits per heavy atom. The minimum Gasteiger partial charge on any atom is -0.356 e. The van der Waals surface area contributed by atoms with E-state index in [-0.39, 0.29) is 0 Å². The van der Waals surface area contributed by atoms with Crippen LogP contribution >= 0.6 is 0 Å². The lowest BCUT2D eigenvalue weighted by Gasteiger charge is -2.12. The molecule has 122 valence electrons. The fourth-order valence-corrected chi connectivity index (χ4v) is 2.57. The number of hydrogen-bond acceptors (Lipinski definition) is 2. The largest absolute Gasteiger partial charge is 0.356 e. The summed E-state index contributed by atoms with van der Waals surface area (Å²) in [6, 6.07) is 8.65. The predicted octanol–water partition coefficient (Wildman–Crippen LogP) is 2.31. The van der Waals surface area contributed by atoms with Crippen molar-refractivity contribution in [2.45, 2.75) is 32.9 Å². The second-order valence-electron chi connectivity index (χ2n) is 6.17. The Morgan fingerprint density at radius 3 is 2.83 bits per heavy atom. The standard InChI is InChI=1S/C18H25N5/c1-14-20-8-9-23(14)13-17-5-3-4-16(10-17)12-22-18(19-2)21-11-15-6-7-15/h3-5,8-10,15H,6-7,11-13H2,1-2H3,(H2,19,21,22). The van der Waals surface area contributed by atoms with Crippen LogP contribution in [0.15, 0.2) is 41.7 Å². The maximum absolute atomic E-state index is 4.28. The van der Waals surface area contributed by atoms with Crippen molar-refractivity contribution in [3.63, 3.8) is 0 Å². The van der Waals surface area contributed by atoms with Gasteiger partial charge in [-0.05, 0) is 36.8 Å². The molecule has 1 aromatic carbocycles. The highest BCUT2D eigenvalue weighted by Gasteiger charge is 2.20. The first-order valence-corrected chi connectivity index (χ1v) is 8.24. The normalized spacial score (nSPS) is 14.8. The van der Waals surface area contributed by atoms with Gasteiger partial charge < -0.3 is 15.2 Å². The van der Waals surface area contributed by atoms with Crippen LogP contribution in [0.5, 0.6) is 0 Å². The summed E-state index contributed by atoms with van der Waals surface area (Å²) in [5.41, 5.74) is 2.54. The minimum atomic E-state index is 0.779. The molecular weight excluding hydrogens is 286 g/mol. The van der Waals surface area contributed by atoms with Gasteiger partial charge in [-0.2, -0.15) is 0 Å². The molecule has 0 aliphatic heterocycles. The van der Waals surface area contributed by atoms with Gasteiger partial charge in [0.15, 0.2) is 5.96 Å². The zero-order valence-corrected chi connectivity index (χ0v) is 13.9. The van der Waals surface area contributed by atoms with E-state index in [4.69, 9.17) is 0 Å². The van der Waals surface area contributed by atoms with E-state index in [1.807, 2.05) is 26.4 Å². The molecule has 0 bridgehead atoms. The van der Waals surface area contributed by atoms with E-state index in [9.17, 15) is 0 Å². The maximum atomic E-state index is 4.28.